The second-order valence-corrected chi connectivity index (χ2v) is 3.43. The van der Waals surface area contributed by atoms with E-state index >= 15 is 0 Å². The van der Waals surface area contributed by atoms with Gasteiger partial charge in [0, 0.05) is 5.39 Å². The molecular formula is C17H20O2. The Morgan fingerprint density at radius 3 is 1.79 bits per heavy atom. The van der Waals surface area contributed by atoms with Crippen LogP contribution in [-0.2, 0) is 0 Å². The molecule has 0 amide bonds. The number of hydrogen-bond acceptors (Lipinski definition) is 2. The molecule has 0 N–H and O–H groups in total. The molecule has 1 heterocycles. The van der Waals surface area contributed by atoms with E-state index in [1.165, 1.54) is 0 Å². The van der Waals surface area contributed by atoms with Gasteiger partial charge in [-0.1, -0.05) is 64.1 Å². The fraction of sp³-hybridized carbons (Fsp3) is 0.235. The quantitative estimate of drug-likeness (QED) is 0.418. The zero-order valence-electron chi connectivity index (χ0n) is 11.9. The van der Waals surface area contributed by atoms with Gasteiger partial charge in [-0.3, -0.25) is 0 Å². The van der Waals surface area contributed by atoms with E-state index in [-0.39, 0.29) is 5.63 Å². The summed E-state index contributed by atoms with van der Waals surface area (Å²) in [7, 11) is 0. The molecule has 0 aliphatic heterocycles. The molecule has 0 saturated carbocycles. The molecule has 3 aromatic rings. The van der Waals surface area contributed by atoms with Crippen molar-refractivity contribution in [2.24, 2.45) is 0 Å². The Morgan fingerprint density at radius 1 is 0.684 bits per heavy atom. The van der Waals surface area contributed by atoms with Gasteiger partial charge in [0.1, 0.15) is 5.58 Å². The van der Waals surface area contributed by atoms with E-state index in [9.17, 15) is 4.79 Å². The van der Waals surface area contributed by atoms with Crippen LogP contribution in [0.15, 0.2) is 57.7 Å². The summed E-state index contributed by atoms with van der Waals surface area (Å²) in [6, 6.07) is 15.1. The highest BCUT2D eigenvalue weighted by Gasteiger charge is 2.04. The number of para-hydroxylation sites is 1. The van der Waals surface area contributed by atoms with Crippen LogP contribution in [0.25, 0.3) is 21.7 Å². The molecule has 19 heavy (non-hydrogen) atoms. The molecule has 3 rings (SSSR count). The lowest BCUT2D eigenvalue weighted by molar-refractivity contribution is 0.569. The lowest BCUT2D eigenvalue weighted by Crippen LogP contribution is -1.98. The average molecular weight is 256 g/mol. The van der Waals surface area contributed by atoms with Gasteiger partial charge in [-0.15, -0.1) is 0 Å². The Morgan fingerprint density at radius 2 is 1.16 bits per heavy atom. The summed E-state index contributed by atoms with van der Waals surface area (Å²) in [5, 5.41) is 2.56. The molecule has 0 aliphatic carbocycles. The van der Waals surface area contributed by atoms with Crippen LogP contribution in [0, 0.1) is 0 Å². The van der Waals surface area contributed by atoms with Crippen LogP contribution in [0.2, 0.25) is 0 Å². The Balaban J connectivity index is 0.000000415. The van der Waals surface area contributed by atoms with Gasteiger partial charge in [0.25, 0.3) is 0 Å². The first-order valence-corrected chi connectivity index (χ1v) is 6.77. The third-order valence-corrected chi connectivity index (χ3v) is 2.53. The first-order valence-electron chi connectivity index (χ1n) is 6.77. The molecule has 100 valence electrons. The molecule has 0 saturated heterocycles. The second-order valence-electron chi connectivity index (χ2n) is 3.43. The number of rotatable bonds is 0. The van der Waals surface area contributed by atoms with E-state index in [4.69, 9.17) is 4.42 Å². The highest BCUT2D eigenvalue weighted by atomic mass is 16.4. The number of fused-ring (bicyclic) bond motifs is 3. The molecule has 0 radical (unpaired) electrons. The maximum absolute atomic E-state index is 11.6. The van der Waals surface area contributed by atoms with Crippen molar-refractivity contribution < 1.29 is 4.42 Å². The maximum atomic E-state index is 11.6. The average Bonchev–Trinajstić information content (AvgIpc) is 2.52. The van der Waals surface area contributed by atoms with Gasteiger partial charge in [-0.2, -0.15) is 0 Å². The summed E-state index contributed by atoms with van der Waals surface area (Å²) in [5.74, 6) is 0. The van der Waals surface area contributed by atoms with Gasteiger partial charge in [0.05, 0.1) is 5.39 Å². The monoisotopic (exact) mass is 256 g/mol. The van der Waals surface area contributed by atoms with Gasteiger partial charge in [-0.05, 0) is 17.5 Å². The minimum absolute atomic E-state index is 0.274. The van der Waals surface area contributed by atoms with E-state index in [2.05, 4.69) is 0 Å². The van der Waals surface area contributed by atoms with E-state index in [1.54, 1.807) is 6.07 Å². The normalized spacial score (nSPS) is 9.26. The predicted octanol–water partition coefficient (Wildman–Crippen LogP) is 5.00. The molecule has 1 aromatic heterocycles. The molecule has 0 spiro atoms. The number of benzene rings is 2. The fourth-order valence-electron chi connectivity index (χ4n) is 1.83. The molecule has 2 nitrogen and oxygen atoms in total. The van der Waals surface area contributed by atoms with E-state index < -0.39 is 0 Å². The maximum Gasteiger partial charge on any atom is 0.344 e. The minimum atomic E-state index is -0.274. The van der Waals surface area contributed by atoms with Gasteiger partial charge in [-0.25, -0.2) is 4.79 Å². The van der Waals surface area contributed by atoms with Crippen molar-refractivity contribution in [3.63, 3.8) is 0 Å². The van der Waals surface area contributed by atoms with Crippen LogP contribution in [0.4, 0.5) is 0 Å². The first kappa shape index (κ1) is 15.0. The summed E-state index contributed by atoms with van der Waals surface area (Å²) in [5.41, 5.74) is 0.366. The van der Waals surface area contributed by atoms with Gasteiger partial charge < -0.3 is 4.42 Å². The standard InChI is InChI=1S/C13H8O2.2C2H6/c14-13-11-7-2-1-5-9(11)10-6-3-4-8-12(10)15-13;2*1-2/h1-8H;2*1-2H3. The van der Waals surface area contributed by atoms with Crippen molar-refractivity contribution in [1.82, 2.24) is 0 Å². The molecular weight excluding hydrogens is 236 g/mol. The summed E-state index contributed by atoms with van der Waals surface area (Å²) in [4.78, 5) is 11.6. The summed E-state index contributed by atoms with van der Waals surface area (Å²) in [6.07, 6.45) is 0. The van der Waals surface area contributed by atoms with E-state index in [1.807, 2.05) is 70.2 Å². The minimum Gasteiger partial charge on any atom is -0.422 e. The largest absolute Gasteiger partial charge is 0.422 e. The van der Waals surface area contributed by atoms with Gasteiger partial charge >= 0.3 is 5.63 Å². The Bertz CT molecular complexity index is 696. The van der Waals surface area contributed by atoms with Crippen LogP contribution in [-0.4, -0.2) is 0 Å². The lowest BCUT2D eigenvalue weighted by Gasteiger charge is -2.00. The van der Waals surface area contributed by atoms with Crippen molar-refractivity contribution in [2.75, 3.05) is 0 Å². The highest BCUT2D eigenvalue weighted by Crippen LogP contribution is 2.21. The van der Waals surface area contributed by atoms with Crippen LogP contribution in [0.3, 0.4) is 0 Å². The van der Waals surface area contributed by atoms with Crippen LogP contribution < -0.4 is 5.63 Å². The molecule has 0 unspecified atom stereocenters. The summed E-state index contributed by atoms with van der Waals surface area (Å²) >= 11 is 0. The van der Waals surface area contributed by atoms with Crippen molar-refractivity contribution in [3.8, 4) is 0 Å². The van der Waals surface area contributed by atoms with Crippen LogP contribution in [0.5, 0.6) is 0 Å². The third-order valence-electron chi connectivity index (χ3n) is 2.53. The smallest absolute Gasteiger partial charge is 0.344 e. The molecule has 0 bridgehead atoms. The molecule has 0 aliphatic rings. The highest BCUT2D eigenvalue weighted by molar-refractivity contribution is 6.03. The molecule has 2 heteroatoms. The van der Waals surface area contributed by atoms with Crippen LogP contribution >= 0.6 is 0 Å². The zero-order valence-corrected chi connectivity index (χ0v) is 11.9. The topological polar surface area (TPSA) is 30.2 Å². The second kappa shape index (κ2) is 7.37. The summed E-state index contributed by atoms with van der Waals surface area (Å²) in [6.45, 7) is 8.00. The molecule has 0 fully saturated rings. The third kappa shape index (κ3) is 3.02. The fourth-order valence-corrected chi connectivity index (χ4v) is 1.83. The van der Waals surface area contributed by atoms with Crippen molar-refractivity contribution >= 4 is 21.7 Å². The van der Waals surface area contributed by atoms with Gasteiger partial charge in [0.2, 0.25) is 0 Å². The van der Waals surface area contributed by atoms with Crippen molar-refractivity contribution in [2.45, 2.75) is 27.7 Å². The molecule has 0 atom stereocenters. The first-order chi connectivity index (χ1) is 9.36. The predicted molar refractivity (Wildman–Crippen MR) is 82.7 cm³/mol. The van der Waals surface area contributed by atoms with Gasteiger partial charge in [0.15, 0.2) is 0 Å². The Kier molecular flexibility index (Phi) is 5.80. The van der Waals surface area contributed by atoms with Crippen LogP contribution in [0.1, 0.15) is 27.7 Å². The zero-order chi connectivity index (χ0) is 14.3. The summed E-state index contributed by atoms with van der Waals surface area (Å²) < 4.78 is 5.22. The number of hydrogen-bond donors (Lipinski definition) is 0. The molecule has 2 aromatic carbocycles. The lowest BCUT2D eigenvalue weighted by atomic mass is 10.1. The Hall–Kier alpha value is -2.09. The van der Waals surface area contributed by atoms with E-state index in [0.717, 1.165) is 10.8 Å². The van der Waals surface area contributed by atoms with Crippen molar-refractivity contribution in [1.29, 1.82) is 0 Å². The van der Waals surface area contributed by atoms with Crippen molar-refractivity contribution in [3.05, 3.63) is 59.0 Å². The Labute approximate surface area is 113 Å². The van der Waals surface area contributed by atoms with E-state index in [0.29, 0.717) is 11.0 Å². The SMILES string of the molecule is CC.CC.O=c1oc2ccccc2c2ccccc12.